The fraction of sp³-hybridized carbons (Fsp3) is 0.0952. The molecule has 1 aromatic heterocycles. The van der Waals surface area contributed by atoms with Crippen LogP contribution in [0.4, 0.5) is 0 Å². The van der Waals surface area contributed by atoms with Crippen LogP contribution in [0.15, 0.2) is 65.1 Å². The number of nitrogens with zero attached hydrogens (tertiary/aromatic N) is 1. The van der Waals surface area contributed by atoms with E-state index in [2.05, 4.69) is 76.0 Å². The first-order valence-electron chi connectivity index (χ1n) is 7.88. The molecule has 0 saturated carbocycles. The summed E-state index contributed by atoms with van der Waals surface area (Å²) >= 11 is 3.49. The molecule has 24 heavy (non-hydrogen) atoms. The quantitative estimate of drug-likeness (QED) is 0.418. The minimum Gasteiger partial charge on any atom is -0.336 e. The van der Waals surface area contributed by atoms with Crippen molar-refractivity contribution in [1.82, 2.24) is 4.57 Å². The summed E-state index contributed by atoms with van der Waals surface area (Å²) in [5.41, 5.74) is 5.50. The Balaban J connectivity index is 2.01. The van der Waals surface area contributed by atoms with Gasteiger partial charge in [-0.1, -0.05) is 46.3 Å². The highest BCUT2D eigenvalue weighted by Gasteiger charge is 2.13. The number of fused-ring (bicyclic) bond motifs is 3. The molecule has 0 N–H and O–H groups in total. The number of carbonyl (C=O) groups excluding carboxylic acids is 1. The van der Waals surface area contributed by atoms with Crippen molar-refractivity contribution in [3.63, 3.8) is 0 Å². The Hall–Kier alpha value is -2.39. The van der Waals surface area contributed by atoms with E-state index in [1.165, 1.54) is 22.0 Å². The minimum absolute atomic E-state index is 0.728. The third-order valence-corrected chi connectivity index (χ3v) is 5.00. The predicted molar refractivity (Wildman–Crippen MR) is 103 cm³/mol. The maximum Gasteiger partial charge on any atom is 0.150 e. The maximum atomic E-state index is 11.3. The molecule has 0 aliphatic carbocycles. The van der Waals surface area contributed by atoms with Crippen molar-refractivity contribution in [2.24, 2.45) is 0 Å². The zero-order valence-corrected chi connectivity index (χ0v) is 14.9. The van der Waals surface area contributed by atoms with Gasteiger partial charge >= 0.3 is 0 Å². The number of para-hydroxylation sites is 1. The summed E-state index contributed by atoms with van der Waals surface area (Å²) in [7, 11) is 0. The van der Waals surface area contributed by atoms with E-state index < -0.39 is 0 Å². The Morgan fingerprint density at radius 1 is 1.00 bits per heavy atom. The van der Waals surface area contributed by atoms with Gasteiger partial charge in [-0.25, -0.2) is 0 Å². The zero-order chi connectivity index (χ0) is 16.7. The summed E-state index contributed by atoms with van der Waals surface area (Å²) in [5.74, 6) is 0. The molecule has 1 heterocycles. The second kappa shape index (κ2) is 5.91. The van der Waals surface area contributed by atoms with Crippen LogP contribution in [0.2, 0.25) is 0 Å². The molecular formula is C21H16BrNO. The van der Waals surface area contributed by atoms with E-state index in [1.807, 2.05) is 12.1 Å². The third-order valence-electron chi connectivity index (χ3n) is 4.47. The van der Waals surface area contributed by atoms with Gasteiger partial charge in [-0.3, -0.25) is 4.79 Å². The van der Waals surface area contributed by atoms with E-state index in [1.54, 1.807) is 0 Å². The number of benzene rings is 3. The molecule has 0 atom stereocenters. The Bertz CT molecular complexity index is 1060. The van der Waals surface area contributed by atoms with Crippen LogP contribution in [-0.4, -0.2) is 10.9 Å². The van der Waals surface area contributed by atoms with E-state index >= 15 is 0 Å². The van der Waals surface area contributed by atoms with Crippen LogP contribution < -0.4 is 0 Å². The van der Waals surface area contributed by atoms with Gasteiger partial charge in [-0.05, 0) is 48.4 Å². The lowest BCUT2D eigenvalue weighted by Crippen LogP contribution is -2.00. The summed E-state index contributed by atoms with van der Waals surface area (Å²) in [4.78, 5) is 11.3. The number of rotatable bonds is 3. The first-order chi connectivity index (χ1) is 11.7. The fourth-order valence-corrected chi connectivity index (χ4v) is 3.70. The lowest BCUT2D eigenvalue weighted by atomic mass is 10.1. The molecule has 0 spiro atoms. The van der Waals surface area contributed by atoms with Gasteiger partial charge in [-0.15, -0.1) is 0 Å². The Labute approximate surface area is 148 Å². The molecule has 0 amide bonds. The average molecular weight is 378 g/mol. The summed E-state index contributed by atoms with van der Waals surface area (Å²) in [6.07, 6.45) is 0.924. The number of aromatic nitrogens is 1. The largest absolute Gasteiger partial charge is 0.336 e. The molecule has 0 fully saturated rings. The molecule has 2 nitrogen and oxygen atoms in total. The van der Waals surface area contributed by atoms with Gasteiger partial charge in [0.25, 0.3) is 0 Å². The zero-order valence-electron chi connectivity index (χ0n) is 13.3. The van der Waals surface area contributed by atoms with Gasteiger partial charge in [0.05, 0.1) is 5.52 Å². The number of aryl methyl sites for hydroxylation is 1. The second-order valence-electron chi connectivity index (χ2n) is 6.08. The molecule has 4 aromatic rings. The van der Waals surface area contributed by atoms with E-state index in [9.17, 15) is 4.79 Å². The van der Waals surface area contributed by atoms with E-state index in [0.29, 0.717) is 0 Å². The van der Waals surface area contributed by atoms with Gasteiger partial charge in [-0.2, -0.15) is 0 Å². The second-order valence-corrected chi connectivity index (χ2v) is 7.00. The highest BCUT2D eigenvalue weighted by molar-refractivity contribution is 9.10. The molecular weight excluding hydrogens is 362 g/mol. The van der Waals surface area contributed by atoms with Crippen LogP contribution in [0, 0.1) is 6.92 Å². The molecule has 118 valence electrons. The van der Waals surface area contributed by atoms with Crippen molar-refractivity contribution >= 4 is 44.0 Å². The highest BCUT2D eigenvalue weighted by Crippen LogP contribution is 2.32. The minimum atomic E-state index is 0.728. The van der Waals surface area contributed by atoms with Gasteiger partial charge in [0.1, 0.15) is 6.29 Å². The van der Waals surface area contributed by atoms with Crippen LogP contribution >= 0.6 is 15.9 Å². The predicted octanol–water partition coefficient (Wildman–Crippen LogP) is 5.73. The molecule has 3 aromatic carbocycles. The normalized spacial score (nSPS) is 11.2. The molecule has 0 unspecified atom stereocenters. The number of hydrogen-bond donors (Lipinski definition) is 0. The maximum absolute atomic E-state index is 11.3. The van der Waals surface area contributed by atoms with Crippen LogP contribution in [0.5, 0.6) is 0 Å². The lowest BCUT2D eigenvalue weighted by molar-refractivity contribution is 0.112. The summed E-state index contributed by atoms with van der Waals surface area (Å²) in [5, 5.41) is 2.33. The van der Waals surface area contributed by atoms with Crippen LogP contribution in [-0.2, 0) is 6.54 Å². The van der Waals surface area contributed by atoms with Crippen LogP contribution in [0.25, 0.3) is 21.8 Å². The Morgan fingerprint density at radius 3 is 2.50 bits per heavy atom. The third kappa shape index (κ3) is 2.45. The summed E-state index contributed by atoms with van der Waals surface area (Å²) in [6.45, 7) is 2.88. The average Bonchev–Trinajstić information content (AvgIpc) is 2.91. The van der Waals surface area contributed by atoms with Crippen molar-refractivity contribution in [2.75, 3.05) is 0 Å². The molecule has 0 bridgehead atoms. The van der Waals surface area contributed by atoms with E-state index in [-0.39, 0.29) is 0 Å². The number of hydrogen-bond acceptors (Lipinski definition) is 1. The van der Waals surface area contributed by atoms with Crippen molar-refractivity contribution in [2.45, 2.75) is 13.5 Å². The molecule has 0 aliphatic heterocycles. The monoisotopic (exact) mass is 377 g/mol. The highest BCUT2D eigenvalue weighted by atomic mass is 79.9. The van der Waals surface area contributed by atoms with Crippen LogP contribution in [0.3, 0.4) is 0 Å². The molecule has 0 radical (unpaired) electrons. The summed E-state index contributed by atoms with van der Waals surface area (Å²) in [6, 6.07) is 20.8. The molecule has 3 heteroatoms. The Morgan fingerprint density at radius 2 is 1.75 bits per heavy atom. The first-order valence-corrected chi connectivity index (χ1v) is 8.68. The van der Waals surface area contributed by atoms with Crippen molar-refractivity contribution in [1.29, 1.82) is 0 Å². The number of carbonyl (C=O) groups is 1. The lowest BCUT2D eigenvalue weighted by Gasteiger charge is -2.10. The topological polar surface area (TPSA) is 22.0 Å². The smallest absolute Gasteiger partial charge is 0.150 e. The standard InChI is InChI=1S/C21H16BrNO/c1-14-10-16(13-24)11-19-18-4-2-3-5-20(18)23(21(14)19)12-15-6-8-17(22)9-7-15/h2-11,13H,12H2,1H3. The molecule has 0 saturated heterocycles. The van der Waals surface area contributed by atoms with Crippen LogP contribution in [0.1, 0.15) is 21.5 Å². The summed E-state index contributed by atoms with van der Waals surface area (Å²) < 4.78 is 3.43. The van der Waals surface area contributed by atoms with E-state index in [0.717, 1.165) is 33.8 Å². The SMILES string of the molecule is Cc1cc(C=O)cc2c3ccccc3n(Cc3ccc(Br)cc3)c12. The van der Waals surface area contributed by atoms with Crippen molar-refractivity contribution in [3.8, 4) is 0 Å². The van der Waals surface area contributed by atoms with Gasteiger partial charge in [0.15, 0.2) is 0 Å². The van der Waals surface area contributed by atoms with Gasteiger partial charge in [0.2, 0.25) is 0 Å². The van der Waals surface area contributed by atoms with Crippen molar-refractivity contribution in [3.05, 3.63) is 81.8 Å². The molecule has 0 aliphatic rings. The van der Waals surface area contributed by atoms with E-state index in [4.69, 9.17) is 0 Å². The fourth-order valence-electron chi connectivity index (χ4n) is 3.43. The molecule has 4 rings (SSSR count). The Kier molecular flexibility index (Phi) is 3.73. The number of aldehydes is 1. The van der Waals surface area contributed by atoms with Gasteiger partial charge in [0, 0.05) is 32.9 Å². The first kappa shape index (κ1) is 15.2. The van der Waals surface area contributed by atoms with Gasteiger partial charge < -0.3 is 4.57 Å². The van der Waals surface area contributed by atoms with Crippen molar-refractivity contribution < 1.29 is 4.79 Å². The number of halogens is 1.